The number of hydrogen-bond acceptors (Lipinski definition) is 3. The van der Waals surface area contributed by atoms with Gasteiger partial charge in [0, 0.05) is 28.7 Å². The maximum atomic E-state index is 14.1. The van der Waals surface area contributed by atoms with Crippen LogP contribution in [0.1, 0.15) is 21.7 Å². The molecule has 0 atom stereocenters. The summed E-state index contributed by atoms with van der Waals surface area (Å²) in [6.07, 6.45) is 0.0545. The summed E-state index contributed by atoms with van der Waals surface area (Å²) in [4.78, 5) is 26.3. The summed E-state index contributed by atoms with van der Waals surface area (Å²) in [7, 11) is 0. The summed E-state index contributed by atoms with van der Waals surface area (Å²) in [5.41, 5.74) is 6.53. The molecule has 2 amide bonds. The lowest BCUT2D eigenvalue weighted by molar-refractivity contribution is -0.117. The minimum absolute atomic E-state index is 0.0545. The highest BCUT2D eigenvalue weighted by Gasteiger charge is 2.24. The van der Waals surface area contributed by atoms with E-state index in [-0.39, 0.29) is 24.7 Å². The van der Waals surface area contributed by atoms with E-state index in [1.165, 1.54) is 22.3 Å². The number of rotatable bonds is 5. The summed E-state index contributed by atoms with van der Waals surface area (Å²) in [6, 6.07) is 13.9. The SMILES string of the molecule is Cc1c(C(=O)N(CCC(N)=O)c2ccccc2)sc2cccc(F)c12. The van der Waals surface area contributed by atoms with E-state index in [4.69, 9.17) is 5.73 Å². The molecule has 0 radical (unpaired) electrons. The molecule has 0 spiro atoms. The zero-order valence-corrected chi connectivity index (χ0v) is 14.5. The lowest BCUT2D eigenvalue weighted by atomic mass is 10.1. The first kappa shape index (κ1) is 17.1. The average Bonchev–Trinajstić information content (AvgIpc) is 2.94. The standard InChI is InChI=1S/C19H17FN2O2S/c1-12-17-14(20)8-5-9-15(17)25-18(12)19(24)22(11-10-16(21)23)13-6-3-2-4-7-13/h2-9H,10-11H2,1H3,(H2,21,23). The molecule has 0 unspecified atom stereocenters. The normalized spacial score (nSPS) is 10.8. The molecule has 2 N–H and O–H groups in total. The second-order valence-electron chi connectivity index (χ2n) is 5.68. The van der Waals surface area contributed by atoms with Crippen LogP contribution in [-0.4, -0.2) is 18.4 Å². The van der Waals surface area contributed by atoms with Crippen LogP contribution in [0.5, 0.6) is 0 Å². The molecule has 25 heavy (non-hydrogen) atoms. The number of anilines is 1. The number of thiophene rings is 1. The number of aryl methyl sites for hydroxylation is 1. The van der Waals surface area contributed by atoms with Crippen LogP contribution >= 0.6 is 11.3 Å². The van der Waals surface area contributed by atoms with Gasteiger partial charge in [0.05, 0.1) is 4.88 Å². The van der Waals surface area contributed by atoms with Crippen molar-refractivity contribution in [3.05, 3.63) is 64.8 Å². The number of hydrogen-bond donors (Lipinski definition) is 1. The summed E-state index contributed by atoms with van der Waals surface area (Å²) < 4.78 is 14.8. The van der Waals surface area contributed by atoms with E-state index < -0.39 is 5.91 Å². The Morgan fingerprint density at radius 2 is 1.84 bits per heavy atom. The zero-order chi connectivity index (χ0) is 18.0. The summed E-state index contributed by atoms with van der Waals surface area (Å²) in [5, 5.41) is 0.471. The Morgan fingerprint density at radius 1 is 1.12 bits per heavy atom. The summed E-state index contributed by atoms with van der Waals surface area (Å²) in [5.74, 6) is -1.08. The molecule has 1 heterocycles. The van der Waals surface area contributed by atoms with E-state index in [0.717, 1.165) is 4.70 Å². The van der Waals surface area contributed by atoms with Gasteiger partial charge in [-0.1, -0.05) is 24.3 Å². The van der Waals surface area contributed by atoms with Gasteiger partial charge in [-0.05, 0) is 36.8 Å². The fraction of sp³-hybridized carbons (Fsp3) is 0.158. The lowest BCUT2D eigenvalue weighted by Crippen LogP contribution is -2.34. The number of benzene rings is 2. The number of halogens is 1. The molecule has 0 aliphatic rings. The fourth-order valence-electron chi connectivity index (χ4n) is 2.76. The molecule has 0 aliphatic carbocycles. The van der Waals surface area contributed by atoms with Crippen LogP contribution in [0.4, 0.5) is 10.1 Å². The number of nitrogens with zero attached hydrogens (tertiary/aromatic N) is 1. The summed E-state index contributed by atoms with van der Waals surface area (Å²) in [6.45, 7) is 1.92. The second kappa shape index (κ2) is 7.03. The van der Waals surface area contributed by atoms with E-state index in [1.807, 2.05) is 18.2 Å². The third-order valence-electron chi connectivity index (χ3n) is 3.99. The second-order valence-corrected chi connectivity index (χ2v) is 6.73. The van der Waals surface area contributed by atoms with Crippen LogP contribution in [0.25, 0.3) is 10.1 Å². The number of carbonyl (C=O) groups excluding carboxylic acids is 2. The molecule has 6 heteroatoms. The van der Waals surface area contributed by atoms with Gasteiger partial charge in [0.1, 0.15) is 5.82 Å². The maximum absolute atomic E-state index is 14.1. The van der Waals surface area contributed by atoms with Crippen molar-refractivity contribution in [2.45, 2.75) is 13.3 Å². The molecule has 0 bridgehead atoms. The Labute approximate surface area is 148 Å². The van der Waals surface area contributed by atoms with Gasteiger partial charge in [-0.2, -0.15) is 0 Å². The highest BCUT2D eigenvalue weighted by Crippen LogP contribution is 2.34. The summed E-state index contributed by atoms with van der Waals surface area (Å²) >= 11 is 1.26. The lowest BCUT2D eigenvalue weighted by Gasteiger charge is -2.22. The van der Waals surface area contributed by atoms with Gasteiger partial charge in [0.2, 0.25) is 5.91 Å². The third-order valence-corrected chi connectivity index (χ3v) is 5.24. The third kappa shape index (κ3) is 3.39. The Balaban J connectivity index is 2.04. The number of nitrogens with two attached hydrogens (primary N) is 1. The Morgan fingerprint density at radius 3 is 2.48 bits per heavy atom. The Kier molecular flexibility index (Phi) is 4.81. The highest BCUT2D eigenvalue weighted by molar-refractivity contribution is 7.21. The zero-order valence-electron chi connectivity index (χ0n) is 13.7. The average molecular weight is 356 g/mol. The molecule has 0 saturated carbocycles. The quantitative estimate of drug-likeness (QED) is 0.754. The van der Waals surface area contributed by atoms with E-state index in [0.29, 0.717) is 21.5 Å². The van der Waals surface area contributed by atoms with Gasteiger partial charge >= 0.3 is 0 Å². The van der Waals surface area contributed by atoms with Crippen molar-refractivity contribution in [1.82, 2.24) is 0 Å². The van der Waals surface area contributed by atoms with Crippen LogP contribution in [0.3, 0.4) is 0 Å². The van der Waals surface area contributed by atoms with Gasteiger partial charge in [0.15, 0.2) is 0 Å². The van der Waals surface area contributed by atoms with Crippen molar-refractivity contribution in [3.63, 3.8) is 0 Å². The topological polar surface area (TPSA) is 63.4 Å². The smallest absolute Gasteiger partial charge is 0.268 e. The molecule has 3 aromatic rings. The van der Waals surface area contributed by atoms with Gasteiger partial charge in [0.25, 0.3) is 5.91 Å². The van der Waals surface area contributed by atoms with Crippen LogP contribution in [0.2, 0.25) is 0 Å². The number of para-hydroxylation sites is 1. The van der Waals surface area contributed by atoms with Crippen molar-refractivity contribution in [2.24, 2.45) is 5.73 Å². The van der Waals surface area contributed by atoms with E-state index >= 15 is 0 Å². The first-order valence-corrected chi connectivity index (χ1v) is 8.63. The van der Waals surface area contributed by atoms with Crippen molar-refractivity contribution in [2.75, 3.05) is 11.4 Å². The minimum atomic E-state index is -0.479. The molecule has 2 aromatic carbocycles. The molecule has 0 aliphatic heterocycles. The largest absolute Gasteiger partial charge is 0.370 e. The van der Waals surface area contributed by atoms with Crippen molar-refractivity contribution in [1.29, 1.82) is 0 Å². The van der Waals surface area contributed by atoms with Crippen LogP contribution in [0.15, 0.2) is 48.5 Å². The van der Waals surface area contributed by atoms with Gasteiger partial charge in [-0.15, -0.1) is 11.3 Å². The molecular formula is C19H17FN2O2S. The Bertz CT molecular complexity index is 937. The monoisotopic (exact) mass is 356 g/mol. The molecule has 0 saturated heterocycles. The van der Waals surface area contributed by atoms with Crippen LogP contribution in [0, 0.1) is 12.7 Å². The highest BCUT2D eigenvalue weighted by atomic mass is 32.1. The first-order valence-electron chi connectivity index (χ1n) is 7.82. The van der Waals surface area contributed by atoms with Crippen molar-refractivity contribution < 1.29 is 14.0 Å². The van der Waals surface area contributed by atoms with Gasteiger partial charge in [-0.25, -0.2) is 4.39 Å². The fourth-order valence-corrected chi connectivity index (χ4v) is 3.93. The number of carbonyl (C=O) groups is 2. The molecular weight excluding hydrogens is 339 g/mol. The first-order chi connectivity index (χ1) is 12.0. The molecule has 1 aromatic heterocycles. The van der Waals surface area contributed by atoms with E-state index in [1.54, 1.807) is 31.2 Å². The number of primary amides is 1. The van der Waals surface area contributed by atoms with Crippen molar-refractivity contribution in [3.8, 4) is 0 Å². The molecule has 128 valence electrons. The molecule has 4 nitrogen and oxygen atoms in total. The maximum Gasteiger partial charge on any atom is 0.268 e. The van der Waals surface area contributed by atoms with Crippen LogP contribution < -0.4 is 10.6 Å². The van der Waals surface area contributed by atoms with Gasteiger partial charge < -0.3 is 10.6 Å². The van der Waals surface area contributed by atoms with E-state index in [9.17, 15) is 14.0 Å². The van der Waals surface area contributed by atoms with Crippen molar-refractivity contribution >= 4 is 38.9 Å². The predicted molar refractivity (Wildman–Crippen MR) is 98.4 cm³/mol. The minimum Gasteiger partial charge on any atom is -0.370 e. The molecule has 3 rings (SSSR count). The predicted octanol–water partition coefficient (Wildman–Crippen LogP) is 3.87. The van der Waals surface area contributed by atoms with E-state index in [2.05, 4.69) is 0 Å². The number of amides is 2. The molecule has 0 fully saturated rings. The van der Waals surface area contributed by atoms with Crippen LogP contribution in [-0.2, 0) is 4.79 Å². The number of fused-ring (bicyclic) bond motifs is 1. The van der Waals surface area contributed by atoms with Gasteiger partial charge in [-0.3, -0.25) is 9.59 Å². The Hall–Kier alpha value is -2.73.